The Labute approximate surface area is 112 Å². The molecule has 0 aliphatic rings. The van der Waals surface area contributed by atoms with Crippen molar-refractivity contribution in [1.29, 1.82) is 5.26 Å². The van der Waals surface area contributed by atoms with Gasteiger partial charge in [-0.1, -0.05) is 0 Å². The van der Waals surface area contributed by atoms with Crippen LogP contribution in [0.25, 0.3) is 0 Å². The van der Waals surface area contributed by atoms with Gasteiger partial charge in [-0.3, -0.25) is 0 Å². The third kappa shape index (κ3) is 3.05. The first kappa shape index (κ1) is 12.1. The van der Waals surface area contributed by atoms with Crippen molar-refractivity contribution in [3.63, 3.8) is 0 Å². The molecule has 0 N–H and O–H groups in total. The van der Waals surface area contributed by atoms with Crippen LogP contribution in [-0.4, -0.2) is 12.0 Å². The topological polar surface area (TPSA) is 39.9 Å². The average Bonchev–Trinajstić information content (AvgIpc) is 2.75. The van der Waals surface area contributed by atoms with Crippen LogP contribution in [0.4, 0.5) is 5.69 Å². The van der Waals surface area contributed by atoms with Crippen LogP contribution in [0.15, 0.2) is 33.6 Å². The van der Waals surface area contributed by atoms with E-state index < -0.39 is 0 Å². The smallest absolute Gasteiger partial charge is 0.140 e. The van der Waals surface area contributed by atoms with Gasteiger partial charge < -0.3 is 4.90 Å². The molecule has 0 aliphatic heterocycles. The Morgan fingerprint density at radius 3 is 2.88 bits per heavy atom. The van der Waals surface area contributed by atoms with Crippen LogP contribution in [-0.2, 0) is 6.54 Å². The molecule has 0 bridgehead atoms. The number of nitrogens with zero attached hydrogens (tertiary/aromatic N) is 3. The van der Waals surface area contributed by atoms with E-state index in [9.17, 15) is 0 Å². The molecule has 17 heavy (non-hydrogen) atoms. The van der Waals surface area contributed by atoms with Gasteiger partial charge in [0.2, 0.25) is 0 Å². The number of halogens is 1. The van der Waals surface area contributed by atoms with E-state index in [0.29, 0.717) is 5.69 Å². The highest BCUT2D eigenvalue weighted by Gasteiger charge is 2.04. The molecular weight excluding hydrogens is 298 g/mol. The Bertz CT molecular complexity index is 542. The van der Waals surface area contributed by atoms with E-state index in [2.05, 4.69) is 37.3 Å². The van der Waals surface area contributed by atoms with Crippen LogP contribution in [0.2, 0.25) is 0 Å². The van der Waals surface area contributed by atoms with Crippen molar-refractivity contribution >= 4 is 33.0 Å². The highest BCUT2D eigenvalue weighted by Crippen LogP contribution is 2.23. The third-order valence-electron chi connectivity index (χ3n) is 2.34. The SMILES string of the molecule is CN(Cc1csc(Br)c1)c1ccc(C#N)nc1. The number of nitriles is 1. The Morgan fingerprint density at radius 2 is 2.35 bits per heavy atom. The minimum atomic E-state index is 0.445. The Kier molecular flexibility index (Phi) is 3.77. The molecule has 0 saturated carbocycles. The first-order chi connectivity index (χ1) is 8.19. The molecule has 0 fully saturated rings. The molecule has 0 spiro atoms. The molecule has 0 radical (unpaired) electrons. The lowest BCUT2D eigenvalue weighted by Crippen LogP contribution is -2.16. The summed E-state index contributed by atoms with van der Waals surface area (Å²) in [6.07, 6.45) is 1.72. The Balaban J connectivity index is 2.09. The fourth-order valence-electron chi connectivity index (χ4n) is 1.47. The Hall–Kier alpha value is -1.38. The van der Waals surface area contributed by atoms with Crippen LogP contribution in [0.5, 0.6) is 0 Å². The summed E-state index contributed by atoms with van der Waals surface area (Å²) in [5, 5.41) is 10.8. The number of pyridine rings is 1. The van der Waals surface area contributed by atoms with E-state index in [0.717, 1.165) is 16.0 Å². The molecule has 0 saturated heterocycles. The van der Waals surface area contributed by atoms with Crippen LogP contribution in [0.3, 0.4) is 0 Å². The minimum absolute atomic E-state index is 0.445. The van der Waals surface area contributed by atoms with Gasteiger partial charge in [-0.25, -0.2) is 4.98 Å². The molecule has 86 valence electrons. The van der Waals surface area contributed by atoms with Gasteiger partial charge in [0, 0.05) is 13.6 Å². The van der Waals surface area contributed by atoms with Gasteiger partial charge in [0.05, 0.1) is 15.7 Å². The first-order valence-corrected chi connectivity index (χ1v) is 6.66. The second-order valence-electron chi connectivity index (χ2n) is 3.63. The lowest BCUT2D eigenvalue weighted by atomic mass is 10.3. The normalized spacial score (nSPS) is 9.94. The monoisotopic (exact) mass is 307 g/mol. The molecule has 2 rings (SSSR count). The molecule has 0 atom stereocenters. The van der Waals surface area contributed by atoms with E-state index in [1.54, 1.807) is 23.6 Å². The maximum absolute atomic E-state index is 8.68. The van der Waals surface area contributed by atoms with Gasteiger partial charge >= 0.3 is 0 Å². The van der Waals surface area contributed by atoms with Gasteiger partial charge in [-0.2, -0.15) is 5.26 Å². The highest BCUT2D eigenvalue weighted by molar-refractivity contribution is 9.11. The van der Waals surface area contributed by atoms with Crippen molar-refractivity contribution in [1.82, 2.24) is 4.98 Å². The van der Waals surface area contributed by atoms with Gasteiger partial charge in [0.25, 0.3) is 0 Å². The van der Waals surface area contributed by atoms with Crippen molar-refractivity contribution in [2.75, 3.05) is 11.9 Å². The number of anilines is 1. The molecule has 0 unspecified atom stereocenters. The number of thiophene rings is 1. The van der Waals surface area contributed by atoms with E-state index in [4.69, 9.17) is 5.26 Å². The highest BCUT2D eigenvalue weighted by atomic mass is 79.9. The van der Waals surface area contributed by atoms with Gasteiger partial charge in [-0.15, -0.1) is 11.3 Å². The van der Waals surface area contributed by atoms with Gasteiger partial charge in [-0.05, 0) is 45.1 Å². The van der Waals surface area contributed by atoms with Crippen molar-refractivity contribution in [2.45, 2.75) is 6.54 Å². The standard InChI is InChI=1S/C12H10BrN3S/c1-16(7-9-4-12(13)17-8-9)11-3-2-10(5-14)15-6-11/h2-4,6,8H,7H2,1H3. The van der Waals surface area contributed by atoms with Crippen molar-refractivity contribution in [3.05, 3.63) is 44.8 Å². The summed E-state index contributed by atoms with van der Waals surface area (Å²) >= 11 is 5.13. The molecule has 2 aromatic rings. The fraction of sp³-hybridized carbons (Fsp3) is 0.167. The maximum Gasteiger partial charge on any atom is 0.140 e. The van der Waals surface area contributed by atoms with Crippen LogP contribution < -0.4 is 4.90 Å². The van der Waals surface area contributed by atoms with E-state index in [-0.39, 0.29) is 0 Å². The minimum Gasteiger partial charge on any atom is -0.369 e. The predicted octanol–water partition coefficient (Wildman–Crippen LogP) is 3.41. The summed E-state index contributed by atoms with van der Waals surface area (Å²) in [4.78, 5) is 6.16. The van der Waals surface area contributed by atoms with Gasteiger partial charge in [0.1, 0.15) is 11.8 Å². The zero-order chi connectivity index (χ0) is 12.3. The van der Waals surface area contributed by atoms with Gasteiger partial charge in [0.15, 0.2) is 0 Å². The summed E-state index contributed by atoms with van der Waals surface area (Å²) in [6, 6.07) is 7.76. The van der Waals surface area contributed by atoms with E-state index in [1.165, 1.54) is 5.56 Å². The quantitative estimate of drug-likeness (QED) is 0.872. The molecule has 0 aromatic carbocycles. The molecular formula is C12H10BrN3S. The molecule has 0 aliphatic carbocycles. The molecule has 2 heterocycles. The summed E-state index contributed by atoms with van der Waals surface area (Å²) in [5.74, 6) is 0. The largest absolute Gasteiger partial charge is 0.369 e. The second-order valence-corrected chi connectivity index (χ2v) is 5.92. The fourth-order valence-corrected chi connectivity index (χ4v) is 2.67. The summed E-state index contributed by atoms with van der Waals surface area (Å²) < 4.78 is 1.14. The summed E-state index contributed by atoms with van der Waals surface area (Å²) in [6.45, 7) is 0.829. The van der Waals surface area contributed by atoms with Crippen molar-refractivity contribution in [2.24, 2.45) is 0 Å². The molecule has 5 heteroatoms. The van der Waals surface area contributed by atoms with Crippen LogP contribution in [0.1, 0.15) is 11.3 Å². The van der Waals surface area contributed by atoms with E-state index >= 15 is 0 Å². The summed E-state index contributed by atoms with van der Waals surface area (Å²) in [7, 11) is 2.01. The first-order valence-electron chi connectivity index (χ1n) is 4.99. The van der Waals surface area contributed by atoms with E-state index in [1.807, 2.05) is 19.2 Å². The zero-order valence-corrected chi connectivity index (χ0v) is 11.6. The molecule has 2 aromatic heterocycles. The number of aromatic nitrogens is 1. The Morgan fingerprint density at radius 1 is 1.53 bits per heavy atom. The second kappa shape index (κ2) is 5.30. The predicted molar refractivity (Wildman–Crippen MR) is 73.1 cm³/mol. The average molecular weight is 308 g/mol. The number of hydrogen-bond acceptors (Lipinski definition) is 4. The molecule has 3 nitrogen and oxygen atoms in total. The van der Waals surface area contributed by atoms with Crippen molar-refractivity contribution < 1.29 is 0 Å². The summed E-state index contributed by atoms with van der Waals surface area (Å²) in [5.41, 5.74) is 2.71. The third-order valence-corrected chi connectivity index (χ3v) is 3.90. The van der Waals surface area contributed by atoms with Crippen LogP contribution in [0, 0.1) is 11.3 Å². The lowest BCUT2D eigenvalue weighted by Gasteiger charge is -2.17. The van der Waals surface area contributed by atoms with Crippen molar-refractivity contribution in [3.8, 4) is 6.07 Å². The lowest BCUT2D eigenvalue weighted by molar-refractivity contribution is 0.921. The molecule has 0 amide bonds. The zero-order valence-electron chi connectivity index (χ0n) is 9.22. The number of hydrogen-bond donors (Lipinski definition) is 0. The number of rotatable bonds is 3. The van der Waals surface area contributed by atoms with Crippen LogP contribution >= 0.6 is 27.3 Å². The maximum atomic E-state index is 8.68.